The third-order valence-corrected chi connectivity index (χ3v) is 1.83. The second kappa shape index (κ2) is 2.99. The van der Waals surface area contributed by atoms with Crippen molar-refractivity contribution >= 4 is 22.9 Å². The summed E-state index contributed by atoms with van der Waals surface area (Å²) >= 11 is 0. The van der Waals surface area contributed by atoms with Crippen LogP contribution >= 0.6 is 0 Å². The Kier molecular flexibility index (Phi) is 1.81. The van der Waals surface area contributed by atoms with Gasteiger partial charge in [0, 0.05) is 6.54 Å². The Hall–Kier alpha value is -2.11. The van der Waals surface area contributed by atoms with Crippen LogP contribution in [-0.2, 0) is 6.54 Å². The van der Waals surface area contributed by atoms with E-state index in [0.29, 0.717) is 23.5 Å². The Morgan fingerprint density at radius 1 is 1.43 bits per heavy atom. The molecule has 0 aliphatic heterocycles. The van der Waals surface area contributed by atoms with Crippen molar-refractivity contribution in [3.05, 3.63) is 19.0 Å². The summed E-state index contributed by atoms with van der Waals surface area (Å²) in [5.41, 5.74) is 12.3. The van der Waals surface area contributed by atoms with Crippen LogP contribution in [0.25, 0.3) is 11.2 Å². The van der Waals surface area contributed by atoms with E-state index in [1.807, 2.05) is 0 Å². The Labute approximate surface area is 80.3 Å². The summed E-state index contributed by atoms with van der Waals surface area (Å²) in [5.74, 6) is 0.455. The van der Waals surface area contributed by atoms with Crippen LogP contribution in [0.2, 0.25) is 0 Å². The van der Waals surface area contributed by atoms with Gasteiger partial charge in [0.25, 0.3) is 0 Å². The minimum Gasteiger partial charge on any atom is -0.382 e. The largest absolute Gasteiger partial charge is 0.382 e. The van der Waals surface area contributed by atoms with Gasteiger partial charge in [-0.05, 0) is 0 Å². The Balaban J connectivity index is 2.71. The van der Waals surface area contributed by atoms with Gasteiger partial charge in [-0.15, -0.1) is 6.58 Å². The number of hydrogen-bond acceptors (Lipinski definition) is 5. The van der Waals surface area contributed by atoms with Crippen molar-refractivity contribution in [3.8, 4) is 0 Å². The van der Waals surface area contributed by atoms with Gasteiger partial charge >= 0.3 is 0 Å². The molecule has 0 aromatic carbocycles. The third kappa shape index (κ3) is 1.17. The predicted octanol–water partition coefficient (Wildman–Crippen LogP) is 0.177. The Morgan fingerprint density at radius 3 is 2.93 bits per heavy atom. The van der Waals surface area contributed by atoms with Crippen LogP contribution in [0.15, 0.2) is 19.0 Å². The van der Waals surface area contributed by atoms with Crippen molar-refractivity contribution < 1.29 is 0 Å². The highest BCUT2D eigenvalue weighted by Crippen LogP contribution is 2.16. The van der Waals surface area contributed by atoms with Crippen LogP contribution in [0, 0.1) is 0 Å². The molecule has 2 aromatic rings. The fraction of sp³-hybridized carbons (Fsp3) is 0.125. The molecule has 0 spiro atoms. The highest BCUT2D eigenvalue weighted by Gasteiger charge is 2.08. The molecule has 0 saturated heterocycles. The molecule has 2 heterocycles. The van der Waals surface area contributed by atoms with E-state index in [1.54, 1.807) is 17.0 Å². The number of rotatable bonds is 2. The van der Waals surface area contributed by atoms with E-state index < -0.39 is 0 Å². The second-order valence-corrected chi connectivity index (χ2v) is 2.82. The van der Waals surface area contributed by atoms with Gasteiger partial charge in [0.05, 0.1) is 6.33 Å². The topological polar surface area (TPSA) is 95.6 Å². The average molecular weight is 190 g/mol. The van der Waals surface area contributed by atoms with Crippen molar-refractivity contribution in [1.29, 1.82) is 0 Å². The summed E-state index contributed by atoms with van der Waals surface area (Å²) < 4.78 is 1.80. The Morgan fingerprint density at radius 2 is 2.21 bits per heavy atom. The lowest BCUT2D eigenvalue weighted by atomic mass is 10.5. The number of nitrogen functional groups attached to an aromatic ring is 2. The second-order valence-electron chi connectivity index (χ2n) is 2.82. The van der Waals surface area contributed by atoms with Gasteiger partial charge in [0.2, 0.25) is 5.95 Å². The molecule has 0 atom stereocenters. The molecular formula is C8H10N6. The van der Waals surface area contributed by atoms with Gasteiger partial charge in [0.1, 0.15) is 5.52 Å². The molecule has 0 saturated carbocycles. The Bertz CT molecular complexity index is 486. The number of imidazole rings is 1. The van der Waals surface area contributed by atoms with Crippen LogP contribution in [-0.4, -0.2) is 19.5 Å². The van der Waals surface area contributed by atoms with E-state index >= 15 is 0 Å². The number of fused-ring (bicyclic) bond motifs is 1. The fourth-order valence-corrected chi connectivity index (χ4v) is 1.26. The van der Waals surface area contributed by atoms with Crippen molar-refractivity contribution in [2.45, 2.75) is 6.54 Å². The van der Waals surface area contributed by atoms with Gasteiger partial charge in [-0.1, -0.05) is 6.08 Å². The van der Waals surface area contributed by atoms with Crippen molar-refractivity contribution in [2.24, 2.45) is 0 Å². The first kappa shape index (κ1) is 8.49. The maximum absolute atomic E-state index is 5.63. The molecule has 0 bridgehead atoms. The van der Waals surface area contributed by atoms with Crippen molar-refractivity contribution in [3.63, 3.8) is 0 Å². The number of nitrogens with zero attached hydrogens (tertiary/aromatic N) is 4. The van der Waals surface area contributed by atoms with Gasteiger partial charge in [-0.25, -0.2) is 4.98 Å². The van der Waals surface area contributed by atoms with E-state index in [-0.39, 0.29) is 5.95 Å². The van der Waals surface area contributed by atoms with Gasteiger partial charge < -0.3 is 16.0 Å². The summed E-state index contributed by atoms with van der Waals surface area (Å²) in [5, 5.41) is 0. The van der Waals surface area contributed by atoms with Crippen LogP contribution in [0.4, 0.5) is 11.8 Å². The molecule has 2 aromatic heterocycles. The van der Waals surface area contributed by atoms with E-state index in [4.69, 9.17) is 11.5 Å². The van der Waals surface area contributed by atoms with Crippen molar-refractivity contribution in [1.82, 2.24) is 19.5 Å². The minimum absolute atomic E-state index is 0.154. The maximum atomic E-state index is 5.63. The molecule has 4 N–H and O–H groups in total. The molecule has 0 fully saturated rings. The number of nitrogens with two attached hydrogens (primary N) is 2. The molecule has 0 aliphatic carbocycles. The SMILES string of the molecule is C=CCn1cnc2c(N)nc(N)nc21. The molecular weight excluding hydrogens is 180 g/mol. The average Bonchev–Trinajstić information content (AvgIpc) is 2.49. The highest BCUT2D eigenvalue weighted by molar-refractivity contribution is 5.82. The number of aromatic nitrogens is 4. The monoisotopic (exact) mass is 190 g/mol. The van der Waals surface area contributed by atoms with E-state index in [9.17, 15) is 0 Å². The fourth-order valence-electron chi connectivity index (χ4n) is 1.26. The molecule has 6 nitrogen and oxygen atoms in total. The molecule has 6 heteroatoms. The summed E-state index contributed by atoms with van der Waals surface area (Å²) in [4.78, 5) is 12.0. The summed E-state index contributed by atoms with van der Waals surface area (Å²) in [6.07, 6.45) is 3.38. The van der Waals surface area contributed by atoms with Crippen LogP contribution in [0.3, 0.4) is 0 Å². The standard InChI is InChI=1S/C8H10N6/c1-2-3-14-4-11-5-6(9)12-8(10)13-7(5)14/h2,4H,1,3H2,(H4,9,10,12,13). The number of anilines is 2. The number of allylic oxidation sites excluding steroid dienone is 1. The predicted molar refractivity (Wildman–Crippen MR) is 54.3 cm³/mol. The molecule has 0 aliphatic rings. The van der Waals surface area contributed by atoms with E-state index in [0.717, 1.165) is 0 Å². The molecule has 0 radical (unpaired) electrons. The third-order valence-electron chi connectivity index (χ3n) is 1.83. The van der Waals surface area contributed by atoms with E-state index in [2.05, 4.69) is 21.5 Å². The zero-order valence-electron chi connectivity index (χ0n) is 7.51. The molecule has 72 valence electrons. The van der Waals surface area contributed by atoms with Gasteiger partial charge in [-0.3, -0.25) is 0 Å². The maximum Gasteiger partial charge on any atom is 0.224 e. The normalized spacial score (nSPS) is 10.6. The van der Waals surface area contributed by atoms with Gasteiger partial charge in [-0.2, -0.15) is 9.97 Å². The van der Waals surface area contributed by atoms with Crippen LogP contribution in [0.1, 0.15) is 0 Å². The zero-order valence-corrected chi connectivity index (χ0v) is 7.51. The molecule has 2 rings (SSSR count). The number of hydrogen-bond donors (Lipinski definition) is 2. The van der Waals surface area contributed by atoms with Gasteiger partial charge in [0.15, 0.2) is 11.5 Å². The van der Waals surface area contributed by atoms with E-state index in [1.165, 1.54) is 0 Å². The summed E-state index contributed by atoms with van der Waals surface area (Å²) in [6, 6.07) is 0. The highest BCUT2D eigenvalue weighted by atomic mass is 15.2. The lowest BCUT2D eigenvalue weighted by Gasteiger charge is -2.00. The molecule has 0 unspecified atom stereocenters. The summed E-state index contributed by atoms with van der Waals surface area (Å²) in [7, 11) is 0. The smallest absolute Gasteiger partial charge is 0.224 e. The zero-order chi connectivity index (χ0) is 10.1. The van der Waals surface area contributed by atoms with Crippen LogP contribution in [0.5, 0.6) is 0 Å². The lowest BCUT2D eigenvalue weighted by molar-refractivity contribution is 0.839. The quantitative estimate of drug-likeness (QED) is 0.658. The van der Waals surface area contributed by atoms with Crippen LogP contribution < -0.4 is 11.5 Å². The first-order valence-electron chi connectivity index (χ1n) is 4.07. The summed E-state index contributed by atoms with van der Waals surface area (Å²) in [6.45, 7) is 4.25. The minimum atomic E-state index is 0.154. The molecule has 0 amide bonds. The lowest BCUT2D eigenvalue weighted by Crippen LogP contribution is -2.02. The first-order valence-corrected chi connectivity index (χ1v) is 4.07. The van der Waals surface area contributed by atoms with Crippen molar-refractivity contribution in [2.75, 3.05) is 11.5 Å². The first-order chi connectivity index (χ1) is 6.72. The molecule has 14 heavy (non-hydrogen) atoms.